The summed E-state index contributed by atoms with van der Waals surface area (Å²) in [7, 11) is 0. The number of hydrogen-bond donors (Lipinski definition) is 1. The number of pyridine rings is 1. The number of benzene rings is 2. The maximum Gasteiger partial charge on any atom is 0.269 e. The normalized spacial score (nSPS) is 10.8. The first kappa shape index (κ1) is 20.4. The van der Waals surface area contributed by atoms with Crippen LogP contribution in [0.1, 0.15) is 36.9 Å². The molecule has 0 spiro atoms. The van der Waals surface area contributed by atoms with Crippen molar-refractivity contribution in [1.29, 1.82) is 0 Å². The van der Waals surface area contributed by atoms with Gasteiger partial charge in [-0.2, -0.15) is 0 Å². The molecule has 7 nitrogen and oxygen atoms in total. The summed E-state index contributed by atoms with van der Waals surface area (Å²) in [4.78, 5) is 42.1. The summed E-state index contributed by atoms with van der Waals surface area (Å²) < 4.78 is 0. The molecular formula is C23H17N3O4S. The summed E-state index contributed by atoms with van der Waals surface area (Å²) in [5, 5.41) is 14.4. The van der Waals surface area contributed by atoms with Crippen LogP contribution in [0.15, 0.2) is 60.7 Å². The topological polar surface area (TPSA) is 102 Å². The number of nitro groups is 1. The Morgan fingerprint density at radius 3 is 2.32 bits per heavy atom. The number of nitrogens with one attached hydrogen (secondary N) is 1. The Hall–Kier alpha value is -3.91. The van der Waals surface area contributed by atoms with Crippen molar-refractivity contribution >= 4 is 44.6 Å². The van der Waals surface area contributed by atoms with Gasteiger partial charge in [-0.15, -0.1) is 11.3 Å². The SMILES string of the molecule is Cc1cc(C)c2c(NC(=O)c3ccc([N+](=O)[O-])cc3)c(C(=O)c3ccccc3)sc2n1. The fraction of sp³-hybridized carbons (Fsp3) is 0.0870. The van der Waals surface area contributed by atoms with Crippen LogP contribution < -0.4 is 5.32 Å². The van der Waals surface area contributed by atoms with E-state index in [1.807, 2.05) is 26.0 Å². The van der Waals surface area contributed by atoms with Crippen LogP contribution in [-0.4, -0.2) is 21.6 Å². The predicted octanol–water partition coefficient (Wildman–Crippen LogP) is 5.30. The zero-order chi connectivity index (χ0) is 22.1. The molecule has 2 heterocycles. The number of anilines is 1. The van der Waals surface area contributed by atoms with Crippen LogP contribution in [0.25, 0.3) is 10.2 Å². The number of carbonyl (C=O) groups excluding carboxylic acids is 2. The molecule has 0 aliphatic heterocycles. The molecule has 8 heteroatoms. The number of thiophene rings is 1. The van der Waals surface area contributed by atoms with E-state index in [4.69, 9.17) is 0 Å². The van der Waals surface area contributed by atoms with Crippen LogP contribution in [0.2, 0.25) is 0 Å². The molecule has 2 aromatic heterocycles. The molecule has 0 unspecified atom stereocenters. The van der Waals surface area contributed by atoms with Crippen molar-refractivity contribution in [1.82, 2.24) is 4.98 Å². The summed E-state index contributed by atoms with van der Waals surface area (Å²) in [6.45, 7) is 3.78. The maximum absolute atomic E-state index is 13.2. The molecule has 2 aromatic carbocycles. The van der Waals surface area contributed by atoms with Crippen LogP contribution in [0.5, 0.6) is 0 Å². The Bertz CT molecular complexity index is 1330. The minimum Gasteiger partial charge on any atom is -0.320 e. The molecule has 0 radical (unpaired) electrons. The second-order valence-electron chi connectivity index (χ2n) is 7.02. The number of hydrogen-bond acceptors (Lipinski definition) is 6. The van der Waals surface area contributed by atoms with Gasteiger partial charge in [-0.05, 0) is 37.6 Å². The number of rotatable bonds is 5. The van der Waals surface area contributed by atoms with Gasteiger partial charge in [0.1, 0.15) is 9.71 Å². The lowest BCUT2D eigenvalue weighted by Crippen LogP contribution is -2.14. The highest BCUT2D eigenvalue weighted by atomic mass is 32.1. The molecule has 0 saturated carbocycles. The van der Waals surface area contributed by atoms with Gasteiger partial charge in [-0.3, -0.25) is 19.7 Å². The standard InChI is InChI=1S/C23H17N3O4S/c1-13-12-14(2)24-23-18(13)19(21(31-23)20(27)15-6-4-3-5-7-15)25-22(28)16-8-10-17(11-9-16)26(29)30/h3-12H,1-2H3,(H,25,28). The lowest BCUT2D eigenvalue weighted by molar-refractivity contribution is -0.384. The molecule has 31 heavy (non-hydrogen) atoms. The lowest BCUT2D eigenvalue weighted by atomic mass is 10.1. The number of aryl methyl sites for hydroxylation is 2. The van der Waals surface area contributed by atoms with Gasteiger partial charge in [0.05, 0.1) is 10.6 Å². The fourth-order valence-electron chi connectivity index (χ4n) is 3.36. The Labute approximate surface area is 181 Å². The van der Waals surface area contributed by atoms with E-state index in [1.165, 1.54) is 35.6 Å². The monoisotopic (exact) mass is 431 g/mol. The molecule has 0 saturated heterocycles. The third kappa shape index (κ3) is 3.93. The van der Waals surface area contributed by atoms with Gasteiger partial charge in [-0.1, -0.05) is 30.3 Å². The zero-order valence-corrected chi connectivity index (χ0v) is 17.5. The van der Waals surface area contributed by atoms with E-state index in [-0.39, 0.29) is 17.0 Å². The van der Waals surface area contributed by atoms with Crippen LogP contribution >= 0.6 is 11.3 Å². The minimum atomic E-state index is -0.526. The van der Waals surface area contributed by atoms with Gasteiger partial charge < -0.3 is 5.32 Å². The number of ketones is 1. The van der Waals surface area contributed by atoms with Gasteiger partial charge in [0.15, 0.2) is 0 Å². The number of non-ortho nitro benzene ring substituents is 1. The summed E-state index contributed by atoms with van der Waals surface area (Å²) in [5.41, 5.74) is 2.77. The number of fused-ring (bicyclic) bond motifs is 1. The van der Waals surface area contributed by atoms with Crippen molar-refractivity contribution in [2.45, 2.75) is 13.8 Å². The first-order chi connectivity index (χ1) is 14.8. The molecule has 0 atom stereocenters. The first-order valence-corrected chi connectivity index (χ1v) is 10.2. The number of nitrogens with zero attached hydrogens (tertiary/aromatic N) is 2. The van der Waals surface area contributed by atoms with E-state index < -0.39 is 10.8 Å². The average molecular weight is 431 g/mol. The van der Waals surface area contributed by atoms with Crippen molar-refractivity contribution in [2.24, 2.45) is 0 Å². The predicted molar refractivity (Wildman–Crippen MR) is 120 cm³/mol. The third-order valence-corrected chi connectivity index (χ3v) is 5.89. The largest absolute Gasteiger partial charge is 0.320 e. The van der Waals surface area contributed by atoms with Crippen LogP contribution in [0.3, 0.4) is 0 Å². The number of carbonyl (C=O) groups is 2. The summed E-state index contributed by atoms with van der Waals surface area (Å²) >= 11 is 1.23. The molecule has 0 fully saturated rings. The first-order valence-electron chi connectivity index (χ1n) is 9.41. The van der Waals surface area contributed by atoms with E-state index >= 15 is 0 Å². The molecule has 1 amide bonds. The second kappa shape index (κ2) is 8.08. The lowest BCUT2D eigenvalue weighted by Gasteiger charge is -2.09. The van der Waals surface area contributed by atoms with Crippen molar-refractivity contribution in [3.05, 3.63) is 98.0 Å². The van der Waals surface area contributed by atoms with Crippen LogP contribution in [0, 0.1) is 24.0 Å². The van der Waals surface area contributed by atoms with E-state index in [1.54, 1.807) is 24.3 Å². The smallest absolute Gasteiger partial charge is 0.269 e. The average Bonchev–Trinajstić information content (AvgIpc) is 3.12. The number of nitro benzene ring substituents is 1. The van der Waals surface area contributed by atoms with E-state index in [0.29, 0.717) is 26.3 Å². The number of aromatic nitrogens is 1. The van der Waals surface area contributed by atoms with Crippen molar-refractivity contribution in [2.75, 3.05) is 5.32 Å². The highest BCUT2D eigenvalue weighted by molar-refractivity contribution is 7.21. The van der Waals surface area contributed by atoms with Crippen molar-refractivity contribution < 1.29 is 14.5 Å². The molecule has 4 rings (SSSR count). The highest BCUT2D eigenvalue weighted by Crippen LogP contribution is 2.38. The summed E-state index contributed by atoms with van der Waals surface area (Å²) in [6.07, 6.45) is 0. The van der Waals surface area contributed by atoms with E-state index in [9.17, 15) is 19.7 Å². The second-order valence-corrected chi connectivity index (χ2v) is 8.02. The van der Waals surface area contributed by atoms with Crippen molar-refractivity contribution in [3.8, 4) is 0 Å². The minimum absolute atomic E-state index is 0.104. The summed E-state index contributed by atoms with van der Waals surface area (Å²) in [5.74, 6) is -0.670. The van der Waals surface area contributed by atoms with E-state index in [0.717, 1.165) is 11.3 Å². The highest BCUT2D eigenvalue weighted by Gasteiger charge is 2.24. The Balaban J connectivity index is 1.80. The zero-order valence-electron chi connectivity index (χ0n) is 16.7. The Morgan fingerprint density at radius 2 is 1.68 bits per heavy atom. The molecule has 0 aliphatic rings. The number of amides is 1. The fourth-order valence-corrected chi connectivity index (χ4v) is 4.58. The van der Waals surface area contributed by atoms with Crippen LogP contribution in [0.4, 0.5) is 11.4 Å². The van der Waals surface area contributed by atoms with Gasteiger partial charge in [0, 0.05) is 34.3 Å². The van der Waals surface area contributed by atoms with Gasteiger partial charge in [0.2, 0.25) is 5.78 Å². The molecular weight excluding hydrogens is 414 g/mol. The molecule has 1 N–H and O–H groups in total. The summed E-state index contributed by atoms with van der Waals surface area (Å²) in [6, 6.07) is 16.0. The Kier molecular flexibility index (Phi) is 5.31. The Morgan fingerprint density at radius 1 is 1.00 bits per heavy atom. The van der Waals surface area contributed by atoms with Gasteiger partial charge in [-0.25, -0.2) is 4.98 Å². The molecule has 0 aliphatic carbocycles. The van der Waals surface area contributed by atoms with Crippen molar-refractivity contribution in [3.63, 3.8) is 0 Å². The van der Waals surface area contributed by atoms with Gasteiger partial charge in [0.25, 0.3) is 11.6 Å². The quantitative estimate of drug-likeness (QED) is 0.262. The van der Waals surface area contributed by atoms with E-state index in [2.05, 4.69) is 10.3 Å². The molecule has 0 bridgehead atoms. The third-order valence-electron chi connectivity index (χ3n) is 4.81. The molecule has 4 aromatic rings. The maximum atomic E-state index is 13.2. The van der Waals surface area contributed by atoms with Crippen LogP contribution in [-0.2, 0) is 0 Å². The molecule has 154 valence electrons. The van der Waals surface area contributed by atoms with Gasteiger partial charge >= 0.3 is 0 Å².